The maximum absolute atomic E-state index is 14.3. The number of nitrogens with zero attached hydrogens (tertiary/aromatic N) is 1. The Hall–Kier alpha value is -2.93. The second-order valence-electron chi connectivity index (χ2n) is 8.30. The lowest BCUT2D eigenvalue weighted by Gasteiger charge is -2.26. The van der Waals surface area contributed by atoms with Crippen LogP contribution in [0.5, 0.6) is 0 Å². The summed E-state index contributed by atoms with van der Waals surface area (Å²) in [5.41, 5.74) is 1.92. The lowest BCUT2D eigenvalue weighted by molar-refractivity contribution is 0.0959. The van der Waals surface area contributed by atoms with E-state index in [1.54, 1.807) is 6.07 Å². The maximum atomic E-state index is 14.3. The van der Waals surface area contributed by atoms with Gasteiger partial charge in [0.15, 0.2) is 0 Å². The number of amides is 3. The quantitative estimate of drug-likeness (QED) is 0.577. The molecule has 0 radical (unpaired) electrons. The highest BCUT2D eigenvalue weighted by Crippen LogP contribution is 2.40. The lowest BCUT2D eigenvalue weighted by Crippen LogP contribution is -2.46. The molecule has 1 unspecified atom stereocenters. The van der Waals surface area contributed by atoms with Crippen molar-refractivity contribution in [1.82, 2.24) is 20.9 Å². The average Bonchev–Trinajstić information content (AvgIpc) is 3.60. The van der Waals surface area contributed by atoms with E-state index in [9.17, 15) is 14.0 Å². The van der Waals surface area contributed by atoms with Crippen molar-refractivity contribution >= 4 is 11.9 Å². The highest BCUT2D eigenvalue weighted by Gasteiger charge is 2.33. The summed E-state index contributed by atoms with van der Waals surface area (Å²) in [6, 6.07) is 14.5. The Balaban J connectivity index is 1.58. The monoisotopic (exact) mass is 426 g/mol. The van der Waals surface area contributed by atoms with Gasteiger partial charge in [-0.15, -0.1) is 0 Å². The molecule has 31 heavy (non-hydrogen) atoms. The van der Waals surface area contributed by atoms with Gasteiger partial charge in [0.05, 0.1) is 11.6 Å². The van der Waals surface area contributed by atoms with E-state index in [-0.39, 0.29) is 23.7 Å². The van der Waals surface area contributed by atoms with Crippen molar-refractivity contribution in [1.29, 1.82) is 0 Å². The van der Waals surface area contributed by atoms with E-state index >= 15 is 0 Å². The van der Waals surface area contributed by atoms with Crippen molar-refractivity contribution in [3.05, 3.63) is 71.0 Å². The molecule has 1 aliphatic rings. The molecule has 3 N–H and O–H groups in total. The highest BCUT2D eigenvalue weighted by atomic mass is 19.1. The Morgan fingerprint density at radius 2 is 1.84 bits per heavy atom. The van der Waals surface area contributed by atoms with Crippen molar-refractivity contribution in [2.45, 2.75) is 31.3 Å². The summed E-state index contributed by atoms with van der Waals surface area (Å²) in [4.78, 5) is 26.3. The van der Waals surface area contributed by atoms with Crippen LogP contribution in [0, 0.1) is 11.7 Å². The summed E-state index contributed by atoms with van der Waals surface area (Å²) in [7, 11) is 5.33. The van der Waals surface area contributed by atoms with Gasteiger partial charge in [0.25, 0.3) is 5.91 Å². The SMILES string of the molecule is CNC(=O)c1ccc(C[C@@H](CNC(=O)NC(c2ccccc2)C2CC2)N(C)C)cc1F. The third-order valence-electron chi connectivity index (χ3n) is 5.74. The Kier molecular flexibility index (Phi) is 7.63. The maximum Gasteiger partial charge on any atom is 0.315 e. The average molecular weight is 427 g/mol. The van der Waals surface area contributed by atoms with Gasteiger partial charge >= 0.3 is 6.03 Å². The number of nitrogens with one attached hydrogen (secondary N) is 3. The Morgan fingerprint density at radius 1 is 1.13 bits per heavy atom. The molecule has 3 rings (SSSR count). The molecule has 1 saturated carbocycles. The predicted octanol–water partition coefficient (Wildman–Crippen LogP) is 3.11. The van der Waals surface area contributed by atoms with Gasteiger partial charge in [-0.25, -0.2) is 9.18 Å². The molecule has 0 heterocycles. The number of carbonyl (C=O) groups is 2. The number of likely N-dealkylation sites (N-methyl/N-ethyl adjacent to an activating group) is 1. The van der Waals surface area contributed by atoms with Crippen LogP contribution in [0.15, 0.2) is 48.5 Å². The molecule has 6 nitrogen and oxygen atoms in total. The lowest BCUT2D eigenvalue weighted by atomic mass is 10.0. The van der Waals surface area contributed by atoms with E-state index in [1.165, 1.54) is 19.2 Å². The van der Waals surface area contributed by atoms with Gasteiger partial charge < -0.3 is 20.9 Å². The van der Waals surface area contributed by atoms with E-state index in [1.807, 2.05) is 49.3 Å². The standard InChI is InChI=1S/C24H31FN4O2/c1-26-23(30)20-12-9-16(14-21(20)25)13-19(29(2)3)15-27-24(31)28-22(18-10-11-18)17-7-5-4-6-8-17/h4-9,12,14,18-19,22H,10-11,13,15H2,1-3H3,(H,26,30)(H2,27,28,31)/t19-,22?/m0/s1. The summed E-state index contributed by atoms with van der Waals surface area (Å²) in [5, 5.41) is 8.52. The minimum atomic E-state index is -0.546. The minimum absolute atomic E-state index is 0.0189. The van der Waals surface area contributed by atoms with Crippen LogP contribution in [0.3, 0.4) is 0 Å². The topological polar surface area (TPSA) is 73.5 Å². The zero-order chi connectivity index (χ0) is 22.4. The number of carbonyl (C=O) groups excluding carboxylic acids is 2. The van der Waals surface area contributed by atoms with E-state index in [4.69, 9.17) is 0 Å². The zero-order valence-electron chi connectivity index (χ0n) is 18.3. The molecule has 3 amide bonds. The first-order chi connectivity index (χ1) is 14.9. The van der Waals surface area contributed by atoms with E-state index in [0.29, 0.717) is 18.9 Å². The smallest absolute Gasteiger partial charge is 0.315 e. The van der Waals surface area contributed by atoms with E-state index in [2.05, 4.69) is 16.0 Å². The van der Waals surface area contributed by atoms with E-state index < -0.39 is 11.7 Å². The van der Waals surface area contributed by atoms with Gasteiger partial charge in [0, 0.05) is 19.6 Å². The molecular weight excluding hydrogens is 395 g/mol. The van der Waals surface area contributed by atoms with Crippen molar-refractivity contribution in [2.24, 2.45) is 5.92 Å². The van der Waals surface area contributed by atoms with Crippen LogP contribution in [0.25, 0.3) is 0 Å². The molecule has 1 fully saturated rings. The number of rotatable bonds is 9. The fourth-order valence-corrected chi connectivity index (χ4v) is 3.68. The Labute approximate surface area is 183 Å². The van der Waals surface area contributed by atoms with Crippen molar-refractivity contribution in [2.75, 3.05) is 27.7 Å². The Bertz CT molecular complexity index is 900. The number of halogens is 1. The summed E-state index contributed by atoms with van der Waals surface area (Å²) in [6.45, 7) is 0.420. The van der Waals surface area contributed by atoms with Gasteiger partial charge in [0.1, 0.15) is 5.82 Å². The molecule has 0 bridgehead atoms. The summed E-state index contributed by atoms with van der Waals surface area (Å²) in [6.07, 6.45) is 2.79. The fourth-order valence-electron chi connectivity index (χ4n) is 3.68. The van der Waals surface area contributed by atoms with Crippen LogP contribution in [0.2, 0.25) is 0 Å². The number of urea groups is 1. The summed E-state index contributed by atoms with van der Waals surface area (Å²) in [5.74, 6) is -0.509. The van der Waals surface area contributed by atoms with Crippen LogP contribution in [0.1, 0.15) is 40.4 Å². The first-order valence-electron chi connectivity index (χ1n) is 10.6. The van der Waals surface area contributed by atoms with Crippen LogP contribution >= 0.6 is 0 Å². The molecule has 7 heteroatoms. The largest absolute Gasteiger partial charge is 0.355 e. The Morgan fingerprint density at radius 3 is 2.42 bits per heavy atom. The van der Waals surface area contributed by atoms with Gasteiger partial charge in [-0.05, 0) is 62.5 Å². The zero-order valence-corrected chi connectivity index (χ0v) is 18.3. The van der Waals surface area contributed by atoms with Gasteiger partial charge in [0.2, 0.25) is 0 Å². The van der Waals surface area contributed by atoms with Crippen molar-refractivity contribution < 1.29 is 14.0 Å². The van der Waals surface area contributed by atoms with Crippen molar-refractivity contribution in [3.8, 4) is 0 Å². The first kappa shape index (κ1) is 22.7. The van der Waals surface area contributed by atoms with Crippen LogP contribution in [-0.4, -0.2) is 50.6 Å². The highest BCUT2D eigenvalue weighted by molar-refractivity contribution is 5.94. The summed E-state index contributed by atoms with van der Waals surface area (Å²) < 4.78 is 14.3. The second-order valence-corrected chi connectivity index (χ2v) is 8.30. The molecule has 166 valence electrons. The van der Waals surface area contributed by atoms with Crippen molar-refractivity contribution in [3.63, 3.8) is 0 Å². The number of hydrogen-bond acceptors (Lipinski definition) is 3. The molecule has 2 atom stereocenters. The van der Waals surface area contributed by atoms with Crippen LogP contribution in [-0.2, 0) is 6.42 Å². The predicted molar refractivity (Wildman–Crippen MR) is 119 cm³/mol. The molecule has 2 aromatic rings. The normalized spacial score (nSPS) is 15.3. The fraction of sp³-hybridized carbons (Fsp3) is 0.417. The minimum Gasteiger partial charge on any atom is -0.355 e. The third-order valence-corrected chi connectivity index (χ3v) is 5.74. The second kappa shape index (κ2) is 10.4. The summed E-state index contributed by atoms with van der Waals surface area (Å²) >= 11 is 0. The van der Waals surface area contributed by atoms with E-state index in [0.717, 1.165) is 24.0 Å². The molecular formula is C24H31FN4O2. The van der Waals surface area contributed by atoms with Gasteiger partial charge in [-0.3, -0.25) is 4.79 Å². The first-order valence-corrected chi connectivity index (χ1v) is 10.6. The van der Waals surface area contributed by atoms with Crippen LogP contribution < -0.4 is 16.0 Å². The van der Waals surface area contributed by atoms with Gasteiger partial charge in [-0.2, -0.15) is 0 Å². The molecule has 0 saturated heterocycles. The van der Waals surface area contributed by atoms with Gasteiger partial charge in [-0.1, -0.05) is 36.4 Å². The molecule has 0 aliphatic heterocycles. The third kappa shape index (κ3) is 6.28. The number of benzene rings is 2. The molecule has 0 aromatic heterocycles. The van der Waals surface area contributed by atoms with Crippen LogP contribution in [0.4, 0.5) is 9.18 Å². The molecule has 0 spiro atoms. The number of hydrogen-bond donors (Lipinski definition) is 3. The molecule has 1 aliphatic carbocycles. The molecule has 2 aromatic carbocycles.